The molecule has 12 heteroatoms. The molecule has 0 aliphatic heterocycles. The SMILES string of the molecule is CCCn1c(N)c(C(=O)COC(=O)c2ncc(Cl)c(Cl)c2Cl)c(=O)n(C)c1=O. The second kappa shape index (κ2) is 8.76. The first kappa shape index (κ1) is 21.9. The highest BCUT2D eigenvalue weighted by molar-refractivity contribution is 6.48. The number of halogens is 3. The van der Waals surface area contributed by atoms with Gasteiger partial charge in [0.15, 0.2) is 12.3 Å². The number of ether oxygens (including phenoxy) is 1. The maximum absolute atomic E-state index is 12.5. The number of rotatable bonds is 6. The Bertz CT molecular complexity index is 1080. The minimum atomic E-state index is -1.05. The van der Waals surface area contributed by atoms with Gasteiger partial charge in [-0.15, -0.1) is 0 Å². The highest BCUT2D eigenvalue weighted by Gasteiger charge is 2.24. The third-order valence-corrected chi connectivity index (χ3v) is 4.99. The van der Waals surface area contributed by atoms with E-state index in [9.17, 15) is 19.2 Å². The molecule has 0 bridgehead atoms. The molecule has 2 heterocycles. The average molecular weight is 450 g/mol. The Morgan fingerprint density at radius 2 is 1.86 bits per heavy atom. The Kier molecular flexibility index (Phi) is 6.87. The standard InChI is InChI=1S/C16H15Cl3N4O5/c1-3-4-23-13(20)9(14(25)22(2)16(23)27)8(24)6-28-15(26)12-11(19)10(18)7(17)5-21-12/h5H,3-4,6,20H2,1-2H3. The summed E-state index contributed by atoms with van der Waals surface area (Å²) in [6, 6.07) is 0. The number of carbonyl (C=O) groups excluding carboxylic acids is 2. The minimum Gasteiger partial charge on any atom is -0.453 e. The number of esters is 1. The number of nitrogen functional groups attached to an aromatic ring is 1. The number of ketones is 1. The highest BCUT2D eigenvalue weighted by atomic mass is 35.5. The van der Waals surface area contributed by atoms with Gasteiger partial charge in [-0.25, -0.2) is 14.6 Å². The van der Waals surface area contributed by atoms with Crippen LogP contribution in [-0.4, -0.2) is 32.5 Å². The van der Waals surface area contributed by atoms with Crippen LogP contribution in [-0.2, 0) is 18.3 Å². The molecule has 0 saturated carbocycles. The molecule has 0 aliphatic rings. The lowest BCUT2D eigenvalue weighted by Gasteiger charge is -2.14. The molecule has 2 N–H and O–H groups in total. The van der Waals surface area contributed by atoms with E-state index in [1.807, 2.05) is 0 Å². The molecule has 0 atom stereocenters. The van der Waals surface area contributed by atoms with Crippen LogP contribution in [0.2, 0.25) is 15.1 Å². The first-order chi connectivity index (χ1) is 13.1. The molecule has 0 spiro atoms. The van der Waals surface area contributed by atoms with Crippen molar-refractivity contribution in [2.75, 3.05) is 12.3 Å². The molecule has 0 unspecified atom stereocenters. The third kappa shape index (κ3) is 4.06. The number of carbonyl (C=O) groups is 2. The number of hydrogen-bond acceptors (Lipinski definition) is 7. The Balaban J connectivity index is 2.32. The lowest BCUT2D eigenvalue weighted by molar-refractivity contribution is 0.0468. The van der Waals surface area contributed by atoms with Gasteiger partial charge in [0.2, 0.25) is 5.78 Å². The smallest absolute Gasteiger partial charge is 0.358 e. The summed E-state index contributed by atoms with van der Waals surface area (Å²) < 4.78 is 6.74. The van der Waals surface area contributed by atoms with Crippen molar-refractivity contribution in [3.8, 4) is 0 Å². The number of Topliss-reactive ketones (excluding diaryl/α,β-unsaturated/α-hetero) is 1. The number of anilines is 1. The van der Waals surface area contributed by atoms with Crippen LogP contribution < -0.4 is 17.0 Å². The fourth-order valence-corrected chi connectivity index (χ4v) is 2.90. The number of hydrogen-bond donors (Lipinski definition) is 1. The van der Waals surface area contributed by atoms with Gasteiger partial charge in [-0.3, -0.25) is 18.7 Å². The molecule has 2 rings (SSSR count). The first-order valence-corrected chi connectivity index (χ1v) is 9.04. The molecule has 150 valence electrons. The lowest BCUT2D eigenvalue weighted by Crippen LogP contribution is -2.43. The second-order valence-electron chi connectivity index (χ2n) is 5.64. The van der Waals surface area contributed by atoms with E-state index in [2.05, 4.69) is 4.98 Å². The normalized spacial score (nSPS) is 10.8. The molecule has 0 radical (unpaired) electrons. The van der Waals surface area contributed by atoms with E-state index in [4.69, 9.17) is 45.3 Å². The lowest BCUT2D eigenvalue weighted by atomic mass is 10.2. The van der Waals surface area contributed by atoms with Crippen LogP contribution in [0.15, 0.2) is 15.8 Å². The molecular formula is C16H15Cl3N4O5. The second-order valence-corrected chi connectivity index (χ2v) is 6.80. The van der Waals surface area contributed by atoms with Crippen LogP contribution >= 0.6 is 34.8 Å². The van der Waals surface area contributed by atoms with Gasteiger partial charge in [0.1, 0.15) is 11.4 Å². The zero-order valence-corrected chi connectivity index (χ0v) is 17.1. The van der Waals surface area contributed by atoms with Crippen molar-refractivity contribution in [3.05, 3.63) is 53.4 Å². The summed E-state index contributed by atoms with van der Waals surface area (Å²) in [7, 11) is 1.22. The molecule has 28 heavy (non-hydrogen) atoms. The summed E-state index contributed by atoms with van der Waals surface area (Å²) in [5.74, 6) is -2.22. The Morgan fingerprint density at radius 1 is 1.21 bits per heavy atom. The topological polar surface area (TPSA) is 126 Å². The van der Waals surface area contributed by atoms with Gasteiger partial charge in [0.05, 0.1) is 15.1 Å². The number of nitrogens with zero attached hydrogens (tertiary/aromatic N) is 3. The zero-order valence-electron chi connectivity index (χ0n) is 14.8. The van der Waals surface area contributed by atoms with Crippen LogP contribution in [0.1, 0.15) is 34.2 Å². The van der Waals surface area contributed by atoms with Crippen molar-refractivity contribution in [1.82, 2.24) is 14.1 Å². The third-order valence-electron chi connectivity index (χ3n) is 3.75. The Hall–Kier alpha value is -2.36. The van der Waals surface area contributed by atoms with E-state index in [0.717, 1.165) is 15.3 Å². The van der Waals surface area contributed by atoms with E-state index >= 15 is 0 Å². The van der Waals surface area contributed by atoms with Crippen molar-refractivity contribution >= 4 is 52.4 Å². The van der Waals surface area contributed by atoms with Crippen molar-refractivity contribution in [2.24, 2.45) is 7.05 Å². The van der Waals surface area contributed by atoms with E-state index in [-0.39, 0.29) is 33.1 Å². The zero-order chi connectivity index (χ0) is 21.2. The molecule has 0 amide bonds. The predicted molar refractivity (Wildman–Crippen MR) is 105 cm³/mol. The van der Waals surface area contributed by atoms with Crippen LogP contribution in [0.5, 0.6) is 0 Å². The van der Waals surface area contributed by atoms with E-state index in [0.29, 0.717) is 6.42 Å². The summed E-state index contributed by atoms with van der Waals surface area (Å²) in [4.78, 5) is 52.7. The summed E-state index contributed by atoms with van der Waals surface area (Å²) in [5, 5.41) is -0.298. The van der Waals surface area contributed by atoms with Gasteiger partial charge < -0.3 is 10.5 Å². The quantitative estimate of drug-likeness (QED) is 0.527. The van der Waals surface area contributed by atoms with Crippen LogP contribution in [0.25, 0.3) is 0 Å². The van der Waals surface area contributed by atoms with Gasteiger partial charge >= 0.3 is 11.7 Å². The van der Waals surface area contributed by atoms with Crippen LogP contribution in [0.3, 0.4) is 0 Å². The molecule has 0 saturated heterocycles. The first-order valence-electron chi connectivity index (χ1n) is 7.90. The molecule has 2 aromatic rings. The van der Waals surface area contributed by atoms with Crippen LogP contribution in [0, 0.1) is 0 Å². The Labute approximate surface area is 173 Å². The molecule has 0 aromatic carbocycles. The average Bonchev–Trinajstić information content (AvgIpc) is 2.66. The summed E-state index contributed by atoms with van der Waals surface area (Å²) in [6.45, 7) is 1.19. The van der Waals surface area contributed by atoms with E-state index in [1.54, 1.807) is 6.92 Å². The van der Waals surface area contributed by atoms with Gasteiger partial charge in [-0.2, -0.15) is 0 Å². The molecular weight excluding hydrogens is 435 g/mol. The molecule has 0 fully saturated rings. The Morgan fingerprint density at radius 3 is 2.46 bits per heavy atom. The molecule has 0 aliphatic carbocycles. The van der Waals surface area contributed by atoms with Crippen LogP contribution in [0.4, 0.5) is 5.82 Å². The highest BCUT2D eigenvalue weighted by Crippen LogP contribution is 2.31. The monoisotopic (exact) mass is 448 g/mol. The number of aromatic nitrogens is 3. The predicted octanol–water partition coefficient (Wildman–Crippen LogP) is 1.93. The summed E-state index contributed by atoms with van der Waals surface area (Å²) in [6.07, 6.45) is 1.65. The maximum Gasteiger partial charge on any atom is 0.358 e. The van der Waals surface area contributed by atoms with Gasteiger partial charge in [-0.05, 0) is 6.42 Å². The van der Waals surface area contributed by atoms with Gasteiger partial charge in [0, 0.05) is 19.8 Å². The van der Waals surface area contributed by atoms with E-state index < -0.39 is 35.2 Å². The number of nitrogens with two attached hydrogens (primary N) is 1. The van der Waals surface area contributed by atoms with Crippen molar-refractivity contribution in [3.63, 3.8) is 0 Å². The van der Waals surface area contributed by atoms with Crippen molar-refractivity contribution in [2.45, 2.75) is 19.9 Å². The van der Waals surface area contributed by atoms with E-state index in [1.165, 1.54) is 7.05 Å². The van der Waals surface area contributed by atoms with Gasteiger partial charge in [-0.1, -0.05) is 41.7 Å². The fraction of sp³-hybridized carbons (Fsp3) is 0.312. The van der Waals surface area contributed by atoms with Crippen molar-refractivity contribution < 1.29 is 14.3 Å². The molecule has 2 aromatic heterocycles. The fourth-order valence-electron chi connectivity index (χ4n) is 2.34. The largest absolute Gasteiger partial charge is 0.453 e. The van der Waals surface area contributed by atoms with Crippen molar-refractivity contribution in [1.29, 1.82) is 0 Å². The summed E-state index contributed by atoms with van der Waals surface area (Å²) in [5.41, 5.74) is 3.51. The van der Waals surface area contributed by atoms with Gasteiger partial charge in [0.25, 0.3) is 5.56 Å². The molecule has 9 nitrogen and oxygen atoms in total. The minimum absolute atomic E-state index is 0.0359. The maximum atomic E-state index is 12.5. The summed E-state index contributed by atoms with van der Waals surface area (Å²) >= 11 is 17.5. The number of pyridine rings is 1.